The Bertz CT molecular complexity index is 1250. The first-order valence-electron chi connectivity index (χ1n) is 13.3. The van der Waals surface area contributed by atoms with Gasteiger partial charge in [-0.15, -0.1) is 0 Å². The normalized spacial score (nSPS) is 15.2. The van der Waals surface area contributed by atoms with E-state index in [0.29, 0.717) is 27.7 Å². The van der Waals surface area contributed by atoms with Crippen LogP contribution in [0.2, 0.25) is 10.0 Å². The smallest absolute Gasteiger partial charge is 0.244 e. The molecule has 0 unspecified atom stereocenters. The van der Waals surface area contributed by atoms with Gasteiger partial charge in [-0.05, 0) is 54.5 Å². The Balaban J connectivity index is 1.97. The Morgan fingerprint density at radius 2 is 1.59 bits per heavy atom. The quantitative estimate of drug-likeness (QED) is 0.369. The van der Waals surface area contributed by atoms with Gasteiger partial charge in [-0.3, -0.25) is 13.9 Å². The molecule has 0 heterocycles. The van der Waals surface area contributed by atoms with E-state index in [9.17, 15) is 18.0 Å². The number of sulfonamides is 1. The molecule has 2 aromatic rings. The molecule has 2 amide bonds. The summed E-state index contributed by atoms with van der Waals surface area (Å²) >= 11 is 12.9. The summed E-state index contributed by atoms with van der Waals surface area (Å²) < 4.78 is 26.8. The third kappa shape index (κ3) is 8.12. The predicted octanol–water partition coefficient (Wildman–Crippen LogP) is 5.92. The largest absolute Gasteiger partial charge is 0.352 e. The first kappa shape index (κ1) is 31.2. The van der Waals surface area contributed by atoms with Crippen LogP contribution in [0.5, 0.6) is 0 Å². The van der Waals surface area contributed by atoms with Gasteiger partial charge in [0.15, 0.2) is 0 Å². The highest BCUT2D eigenvalue weighted by atomic mass is 35.5. The van der Waals surface area contributed by atoms with Crippen molar-refractivity contribution >= 4 is 50.7 Å². The Hall–Kier alpha value is -2.29. The van der Waals surface area contributed by atoms with E-state index in [4.69, 9.17) is 23.2 Å². The Kier molecular flexibility index (Phi) is 10.3. The molecule has 0 saturated heterocycles. The van der Waals surface area contributed by atoms with E-state index in [2.05, 4.69) is 26.1 Å². The first-order valence-corrected chi connectivity index (χ1v) is 15.9. The van der Waals surface area contributed by atoms with Gasteiger partial charge in [0.1, 0.15) is 12.6 Å². The molecule has 1 fully saturated rings. The van der Waals surface area contributed by atoms with Crippen molar-refractivity contribution in [3.63, 3.8) is 0 Å². The summed E-state index contributed by atoms with van der Waals surface area (Å²) in [5.74, 6) is -0.786. The number of hydrogen-bond acceptors (Lipinski definition) is 4. The SMILES string of the molecule is CC[C@@H](C(=O)NC1CCCC1)N(Cc1c(Cl)cccc1Cl)C(=O)CN(c1ccc(C(C)(C)C)cc1)S(C)(=O)=O. The van der Waals surface area contributed by atoms with Gasteiger partial charge >= 0.3 is 0 Å². The minimum Gasteiger partial charge on any atom is -0.352 e. The third-order valence-corrected chi connectivity index (χ3v) is 9.03. The number of hydrogen-bond donors (Lipinski definition) is 1. The molecule has 0 aliphatic heterocycles. The molecule has 1 saturated carbocycles. The Morgan fingerprint density at radius 1 is 1.03 bits per heavy atom. The van der Waals surface area contributed by atoms with Crippen LogP contribution in [0.4, 0.5) is 5.69 Å². The van der Waals surface area contributed by atoms with Crippen molar-refractivity contribution in [1.29, 1.82) is 0 Å². The monoisotopic (exact) mass is 595 g/mol. The van der Waals surface area contributed by atoms with E-state index in [0.717, 1.165) is 41.8 Å². The minimum absolute atomic E-state index is 0.0332. The molecule has 214 valence electrons. The van der Waals surface area contributed by atoms with Crippen molar-refractivity contribution in [2.24, 2.45) is 0 Å². The maximum Gasteiger partial charge on any atom is 0.244 e. The summed E-state index contributed by atoms with van der Waals surface area (Å²) in [5, 5.41) is 3.81. The average molecular weight is 597 g/mol. The minimum atomic E-state index is -3.82. The summed E-state index contributed by atoms with van der Waals surface area (Å²) in [6.45, 7) is 7.53. The number of rotatable bonds is 10. The van der Waals surface area contributed by atoms with Crippen LogP contribution < -0.4 is 9.62 Å². The van der Waals surface area contributed by atoms with E-state index < -0.39 is 28.5 Å². The van der Waals surface area contributed by atoms with Gasteiger partial charge in [0.25, 0.3) is 0 Å². The maximum atomic E-state index is 13.9. The Morgan fingerprint density at radius 3 is 2.08 bits per heavy atom. The second-order valence-corrected chi connectivity index (χ2v) is 13.9. The molecule has 0 bridgehead atoms. The molecule has 1 aliphatic carbocycles. The number of amides is 2. The fraction of sp³-hybridized carbons (Fsp3) is 0.517. The van der Waals surface area contributed by atoms with Crippen LogP contribution >= 0.6 is 23.2 Å². The highest BCUT2D eigenvalue weighted by molar-refractivity contribution is 7.92. The van der Waals surface area contributed by atoms with Crippen molar-refractivity contribution in [3.8, 4) is 0 Å². The molecular formula is C29H39Cl2N3O4S. The summed E-state index contributed by atoms with van der Waals surface area (Å²) in [5.41, 5.74) is 1.80. The third-order valence-electron chi connectivity index (χ3n) is 7.18. The maximum absolute atomic E-state index is 13.9. The summed E-state index contributed by atoms with van der Waals surface area (Å²) in [6, 6.07) is 11.4. The highest BCUT2D eigenvalue weighted by Crippen LogP contribution is 2.29. The molecular weight excluding hydrogens is 557 g/mol. The molecule has 3 rings (SSSR count). The lowest BCUT2D eigenvalue weighted by molar-refractivity contribution is -0.140. The number of carbonyl (C=O) groups excluding carboxylic acids is 2. The van der Waals surface area contributed by atoms with Gasteiger partial charge in [0.2, 0.25) is 21.8 Å². The molecule has 0 radical (unpaired) electrons. The number of halogens is 2. The van der Waals surface area contributed by atoms with Gasteiger partial charge in [-0.2, -0.15) is 0 Å². The van der Waals surface area contributed by atoms with Crippen LogP contribution in [0.1, 0.15) is 70.9 Å². The molecule has 1 N–H and O–H groups in total. The van der Waals surface area contributed by atoms with Gasteiger partial charge < -0.3 is 10.2 Å². The van der Waals surface area contributed by atoms with Crippen LogP contribution in [-0.4, -0.2) is 50.0 Å². The molecule has 2 aromatic carbocycles. The molecule has 10 heteroatoms. The van der Waals surface area contributed by atoms with E-state index in [1.165, 1.54) is 4.90 Å². The highest BCUT2D eigenvalue weighted by Gasteiger charge is 2.33. The molecule has 0 aromatic heterocycles. The van der Waals surface area contributed by atoms with E-state index in [1.807, 2.05) is 19.1 Å². The van der Waals surface area contributed by atoms with Crippen molar-refractivity contribution in [2.75, 3.05) is 17.1 Å². The summed E-state index contributed by atoms with van der Waals surface area (Å²) in [7, 11) is -3.82. The van der Waals surface area contributed by atoms with Crippen molar-refractivity contribution < 1.29 is 18.0 Å². The second-order valence-electron chi connectivity index (χ2n) is 11.2. The number of benzene rings is 2. The van der Waals surface area contributed by atoms with E-state index in [-0.39, 0.29) is 23.9 Å². The standard InChI is InChI=1S/C29H39Cl2N3O4S/c1-6-26(28(36)32-21-10-7-8-11-21)33(18-23-24(30)12-9-13-25(23)31)27(35)19-34(39(5,37)38)22-16-14-20(15-17-22)29(2,3)4/h9,12-17,21,26H,6-8,10-11,18-19H2,1-5H3,(H,32,36)/t26-/m0/s1. The average Bonchev–Trinajstić information content (AvgIpc) is 3.36. The van der Waals surface area contributed by atoms with Crippen molar-refractivity contribution in [3.05, 3.63) is 63.6 Å². The Labute approximate surface area is 242 Å². The summed E-state index contributed by atoms with van der Waals surface area (Å²) in [4.78, 5) is 28.7. The zero-order chi connectivity index (χ0) is 29.0. The van der Waals surface area contributed by atoms with Crippen molar-refractivity contribution in [2.45, 2.75) is 83.8 Å². The molecule has 0 spiro atoms. The molecule has 39 heavy (non-hydrogen) atoms. The van der Waals surface area contributed by atoms with E-state index >= 15 is 0 Å². The fourth-order valence-corrected chi connectivity index (χ4v) is 6.25. The van der Waals surface area contributed by atoms with Crippen LogP contribution in [0.15, 0.2) is 42.5 Å². The van der Waals surface area contributed by atoms with Crippen LogP contribution in [-0.2, 0) is 31.6 Å². The zero-order valence-corrected chi connectivity index (χ0v) is 25.7. The number of anilines is 1. The number of nitrogens with zero attached hydrogens (tertiary/aromatic N) is 2. The number of carbonyl (C=O) groups is 2. The van der Waals surface area contributed by atoms with Gasteiger partial charge in [0, 0.05) is 28.2 Å². The number of nitrogens with one attached hydrogen (secondary N) is 1. The molecule has 1 aliphatic rings. The second kappa shape index (κ2) is 12.9. The van der Waals surface area contributed by atoms with Gasteiger partial charge in [-0.1, -0.05) is 81.9 Å². The first-order chi connectivity index (χ1) is 18.2. The van der Waals surface area contributed by atoms with Crippen LogP contribution in [0.25, 0.3) is 0 Å². The topological polar surface area (TPSA) is 86.8 Å². The predicted molar refractivity (Wildman–Crippen MR) is 159 cm³/mol. The molecule has 1 atom stereocenters. The fourth-order valence-electron chi connectivity index (χ4n) is 4.88. The van der Waals surface area contributed by atoms with E-state index in [1.54, 1.807) is 30.3 Å². The van der Waals surface area contributed by atoms with Gasteiger partial charge in [0.05, 0.1) is 11.9 Å². The lowest BCUT2D eigenvalue weighted by atomic mass is 9.87. The molecule has 7 nitrogen and oxygen atoms in total. The van der Waals surface area contributed by atoms with Gasteiger partial charge in [-0.25, -0.2) is 8.42 Å². The zero-order valence-electron chi connectivity index (χ0n) is 23.3. The lowest BCUT2D eigenvalue weighted by Crippen LogP contribution is -2.53. The van der Waals surface area contributed by atoms with Crippen molar-refractivity contribution in [1.82, 2.24) is 10.2 Å². The lowest BCUT2D eigenvalue weighted by Gasteiger charge is -2.34. The van der Waals surface area contributed by atoms with Crippen LogP contribution in [0.3, 0.4) is 0 Å². The summed E-state index contributed by atoms with van der Waals surface area (Å²) in [6.07, 6.45) is 5.31. The van der Waals surface area contributed by atoms with Crippen LogP contribution in [0, 0.1) is 0 Å².